The highest BCUT2D eigenvalue weighted by atomic mass is 16.4. The third-order valence-corrected chi connectivity index (χ3v) is 1.98. The van der Waals surface area contributed by atoms with Crippen molar-refractivity contribution in [1.82, 2.24) is 5.32 Å². The van der Waals surface area contributed by atoms with Crippen molar-refractivity contribution in [3.05, 3.63) is 11.3 Å². The van der Waals surface area contributed by atoms with Gasteiger partial charge in [-0.15, -0.1) is 0 Å². The number of carbonyl (C=O) groups excluding carboxylic acids is 1. The first-order chi connectivity index (χ1) is 6.93. The zero-order chi connectivity index (χ0) is 11.6. The van der Waals surface area contributed by atoms with E-state index < -0.39 is 30.2 Å². The molecule has 0 aromatic heterocycles. The number of carbonyl (C=O) groups is 3. The lowest BCUT2D eigenvalue weighted by Crippen LogP contribution is -2.47. The molecule has 0 aliphatic carbocycles. The van der Waals surface area contributed by atoms with Crippen molar-refractivity contribution >= 4 is 17.7 Å². The maximum Gasteiger partial charge on any atom is 0.352 e. The number of hydrogen-bond donors (Lipinski definition) is 4. The van der Waals surface area contributed by atoms with Crippen molar-refractivity contribution in [3.8, 4) is 0 Å². The molecule has 1 atom stereocenters. The summed E-state index contributed by atoms with van der Waals surface area (Å²) in [4.78, 5) is 32.6. The number of nitrogens with two attached hydrogens (primary N) is 1. The number of Topliss-reactive ketones (excluding diaryl/α,β-unsaturated/α-hetero) is 1. The van der Waals surface area contributed by atoms with E-state index in [1.54, 1.807) is 0 Å². The summed E-state index contributed by atoms with van der Waals surface area (Å²) in [5.74, 6) is -3.26. The fraction of sp³-hybridized carbons (Fsp3) is 0.375. The minimum Gasteiger partial charge on any atom is -0.481 e. The molecule has 1 heterocycles. The second-order valence-corrected chi connectivity index (χ2v) is 3.08. The third-order valence-electron chi connectivity index (χ3n) is 1.98. The monoisotopic (exact) mass is 214 g/mol. The van der Waals surface area contributed by atoms with Crippen molar-refractivity contribution in [2.45, 2.75) is 12.5 Å². The molecule has 0 spiro atoms. The Labute approximate surface area is 84.6 Å². The molecule has 0 radical (unpaired) electrons. The van der Waals surface area contributed by atoms with Crippen LogP contribution in [0.1, 0.15) is 6.42 Å². The van der Waals surface area contributed by atoms with Crippen LogP contribution in [0.2, 0.25) is 0 Å². The maximum atomic E-state index is 11.4. The second kappa shape index (κ2) is 4.09. The number of carboxylic acids is 2. The molecule has 1 aliphatic rings. The van der Waals surface area contributed by atoms with Crippen LogP contribution < -0.4 is 11.1 Å². The summed E-state index contributed by atoms with van der Waals surface area (Å²) < 4.78 is 0. The van der Waals surface area contributed by atoms with E-state index in [4.69, 9.17) is 15.9 Å². The molecule has 0 saturated carbocycles. The molecule has 7 nitrogen and oxygen atoms in total. The van der Waals surface area contributed by atoms with Gasteiger partial charge in [-0.3, -0.25) is 9.59 Å². The van der Waals surface area contributed by atoms with Crippen LogP contribution in [0.3, 0.4) is 0 Å². The first-order valence-electron chi connectivity index (χ1n) is 4.15. The number of nitrogens with one attached hydrogen (secondary N) is 1. The number of ketones is 1. The standard InChI is InChI=1S/C8H10N2O5/c9-4-2-10-6(8(14)15)3(7(4)13)1-5(11)12/h4,10H,1-2,9H2,(H,11,12)(H,14,15)/t4-/m1/s1. The lowest BCUT2D eigenvalue weighted by molar-refractivity contribution is -0.137. The minimum atomic E-state index is -1.36. The molecule has 0 saturated heterocycles. The lowest BCUT2D eigenvalue weighted by Gasteiger charge is -2.22. The molecule has 1 rings (SSSR count). The lowest BCUT2D eigenvalue weighted by atomic mass is 9.96. The van der Waals surface area contributed by atoms with Gasteiger partial charge in [-0.25, -0.2) is 4.79 Å². The summed E-state index contributed by atoms with van der Waals surface area (Å²) in [6, 6.07) is -0.887. The molecule has 0 bridgehead atoms. The fourth-order valence-electron chi connectivity index (χ4n) is 1.29. The molecule has 0 aromatic rings. The third kappa shape index (κ3) is 2.32. The average Bonchev–Trinajstić information content (AvgIpc) is 2.12. The second-order valence-electron chi connectivity index (χ2n) is 3.08. The van der Waals surface area contributed by atoms with Crippen LogP contribution in [0.4, 0.5) is 0 Å². The minimum absolute atomic E-state index is 0.00356. The molecule has 15 heavy (non-hydrogen) atoms. The van der Waals surface area contributed by atoms with Gasteiger partial charge in [0.25, 0.3) is 0 Å². The molecule has 0 amide bonds. The summed E-state index contributed by atoms with van der Waals surface area (Å²) >= 11 is 0. The normalized spacial score (nSPS) is 21.1. The van der Waals surface area contributed by atoms with Crippen molar-refractivity contribution in [2.75, 3.05) is 6.54 Å². The molecular weight excluding hydrogens is 204 g/mol. The van der Waals surface area contributed by atoms with Crippen molar-refractivity contribution < 1.29 is 24.6 Å². The number of aliphatic carboxylic acids is 2. The molecule has 1 aliphatic heterocycles. The van der Waals surface area contributed by atoms with E-state index in [1.165, 1.54) is 0 Å². The van der Waals surface area contributed by atoms with E-state index in [-0.39, 0.29) is 17.8 Å². The molecule has 0 aromatic carbocycles. The summed E-state index contributed by atoms with van der Waals surface area (Å²) in [5, 5.41) is 19.7. The van der Waals surface area contributed by atoms with Crippen LogP contribution in [-0.4, -0.2) is 40.5 Å². The highest BCUT2D eigenvalue weighted by molar-refractivity contribution is 6.09. The number of rotatable bonds is 3. The van der Waals surface area contributed by atoms with E-state index >= 15 is 0 Å². The van der Waals surface area contributed by atoms with E-state index in [0.29, 0.717) is 0 Å². The first-order valence-corrected chi connectivity index (χ1v) is 4.15. The number of carboxylic acid groups (broad SMARTS) is 2. The molecule has 0 fully saturated rings. The SMILES string of the molecule is N[C@@H]1CNC(C(=O)O)=C(CC(=O)O)C1=O. The van der Waals surface area contributed by atoms with Crippen LogP contribution in [0.15, 0.2) is 11.3 Å². The van der Waals surface area contributed by atoms with Crippen LogP contribution >= 0.6 is 0 Å². The van der Waals surface area contributed by atoms with Gasteiger partial charge in [-0.2, -0.15) is 0 Å². The summed E-state index contributed by atoms with van der Waals surface area (Å²) in [5.41, 5.74) is 4.72. The van der Waals surface area contributed by atoms with Crippen LogP contribution in [0, 0.1) is 0 Å². The first kappa shape index (κ1) is 11.2. The highest BCUT2D eigenvalue weighted by Crippen LogP contribution is 2.14. The summed E-state index contributed by atoms with van der Waals surface area (Å²) in [6.07, 6.45) is -0.638. The molecule has 5 N–H and O–H groups in total. The Morgan fingerprint density at radius 3 is 2.53 bits per heavy atom. The zero-order valence-corrected chi connectivity index (χ0v) is 7.69. The van der Waals surface area contributed by atoms with Crippen molar-refractivity contribution in [2.24, 2.45) is 5.73 Å². The van der Waals surface area contributed by atoms with Gasteiger partial charge < -0.3 is 21.3 Å². The molecular formula is C8H10N2O5. The molecule has 82 valence electrons. The molecule has 7 heteroatoms. The molecule has 0 unspecified atom stereocenters. The van der Waals surface area contributed by atoms with Gasteiger partial charge >= 0.3 is 11.9 Å². The quantitative estimate of drug-likeness (QED) is 0.440. The Morgan fingerprint density at radius 2 is 2.07 bits per heavy atom. The predicted octanol–water partition coefficient (Wildman–Crippen LogP) is -1.70. The Balaban J connectivity index is 3.10. The van der Waals surface area contributed by atoms with Gasteiger partial charge in [-0.1, -0.05) is 0 Å². The average molecular weight is 214 g/mol. The van der Waals surface area contributed by atoms with Gasteiger partial charge in [-0.05, 0) is 0 Å². The van der Waals surface area contributed by atoms with E-state index in [0.717, 1.165) is 0 Å². The number of hydrogen-bond acceptors (Lipinski definition) is 5. The van der Waals surface area contributed by atoms with Crippen LogP contribution in [-0.2, 0) is 14.4 Å². The Morgan fingerprint density at radius 1 is 1.47 bits per heavy atom. The van der Waals surface area contributed by atoms with E-state index in [9.17, 15) is 14.4 Å². The van der Waals surface area contributed by atoms with E-state index in [1.807, 2.05) is 0 Å². The summed E-state index contributed by atoms with van der Waals surface area (Å²) in [7, 11) is 0. The van der Waals surface area contributed by atoms with Gasteiger partial charge in [0.05, 0.1) is 12.5 Å². The topological polar surface area (TPSA) is 130 Å². The van der Waals surface area contributed by atoms with Crippen LogP contribution in [0.25, 0.3) is 0 Å². The van der Waals surface area contributed by atoms with Gasteiger partial charge in [0.2, 0.25) is 0 Å². The summed E-state index contributed by atoms with van der Waals surface area (Å²) in [6.45, 7) is 0.00356. The van der Waals surface area contributed by atoms with Crippen LogP contribution in [0.5, 0.6) is 0 Å². The van der Waals surface area contributed by atoms with Gasteiger partial charge in [0.15, 0.2) is 5.78 Å². The Hall–Kier alpha value is -1.89. The predicted molar refractivity (Wildman–Crippen MR) is 47.9 cm³/mol. The van der Waals surface area contributed by atoms with Gasteiger partial charge in [0, 0.05) is 12.1 Å². The van der Waals surface area contributed by atoms with Gasteiger partial charge in [0.1, 0.15) is 5.70 Å². The Kier molecular flexibility index (Phi) is 3.05. The smallest absolute Gasteiger partial charge is 0.352 e. The largest absolute Gasteiger partial charge is 0.481 e. The van der Waals surface area contributed by atoms with Crippen molar-refractivity contribution in [1.29, 1.82) is 0 Å². The van der Waals surface area contributed by atoms with Crippen molar-refractivity contribution in [3.63, 3.8) is 0 Å². The Bertz CT molecular complexity index is 360. The zero-order valence-electron chi connectivity index (χ0n) is 7.69. The van der Waals surface area contributed by atoms with E-state index in [2.05, 4.69) is 5.32 Å². The highest BCUT2D eigenvalue weighted by Gasteiger charge is 2.31. The maximum absolute atomic E-state index is 11.4. The fourth-order valence-corrected chi connectivity index (χ4v) is 1.29.